The fourth-order valence-corrected chi connectivity index (χ4v) is 2.97. The van der Waals surface area contributed by atoms with Gasteiger partial charge < -0.3 is 0 Å². The molecule has 94 valence electrons. The van der Waals surface area contributed by atoms with Crippen LogP contribution in [0.1, 0.15) is 41.0 Å². The minimum Gasteiger partial charge on any atom is -0.298 e. The number of hydrogen-bond donors (Lipinski definition) is 0. The first-order valence-corrected chi connectivity index (χ1v) is 6.86. The maximum absolute atomic E-state index is 2.73. The summed E-state index contributed by atoms with van der Waals surface area (Å²) in [4.78, 5) is 5.31. The van der Waals surface area contributed by atoms with Crippen LogP contribution in [-0.4, -0.2) is 48.1 Å². The topological polar surface area (TPSA) is 6.48 Å². The average Bonchev–Trinajstić information content (AvgIpc) is 2.47. The molecule has 0 aliphatic carbocycles. The van der Waals surface area contributed by atoms with Crippen molar-refractivity contribution >= 4 is 0 Å². The molecule has 0 bridgehead atoms. The lowest BCUT2D eigenvalue weighted by molar-refractivity contribution is 0.0214. The summed E-state index contributed by atoms with van der Waals surface area (Å²) in [5.41, 5.74) is 0.496. The first kappa shape index (κ1) is 12.4. The highest BCUT2D eigenvalue weighted by atomic mass is 15.3. The van der Waals surface area contributed by atoms with Crippen LogP contribution in [0.3, 0.4) is 0 Å². The number of likely N-dealkylation sites (tertiary alicyclic amines) is 2. The molecule has 2 aliphatic rings. The third kappa shape index (κ3) is 2.43. The second-order valence-electron chi connectivity index (χ2n) is 7.05. The van der Waals surface area contributed by atoms with E-state index in [0.29, 0.717) is 5.41 Å². The molecule has 2 rings (SSSR count). The predicted octanol–water partition coefficient (Wildman–Crippen LogP) is 2.45. The molecule has 16 heavy (non-hydrogen) atoms. The molecule has 0 aromatic rings. The van der Waals surface area contributed by atoms with Gasteiger partial charge in [0.15, 0.2) is 0 Å². The summed E-state index contributed by atoms with van der Waals surface area (Å²) in [6.07, 6.45) is 1.40. The molecule has 2 nitrogen and oxygen atoms in total. The first-order chi connectivity index (χ1) is 7.38. The van der Waals surface area contributed by atoms with Crippen LogP contribution < -0.4 is 0 Å². The highest BCUT2D eigenvalue weighted by molar-refractivity contribution is 4.94. The zero-order valence-corrected chi connectivity index (χ0v) is 11.7. The van der Waals surface area contributed by atoms with Gasteiger partial charge in [-0.2, -0.15) is 0 Å². The van der Waals surface area contributed by atoms with Crippen molar-refractivity contribution in [1.82, 2.24) is 9.80 Å². The summed E-state index contributed by atoms with van der Waals surface area (Å²) < 4.78 is 0. The Morgan fingerprint density at radius 2 is 1.69 bits per heavy atom. The Bertz CT molecular complexity index is 236. The minimum atomic E-state index is 0.496. The van der Waals surface area contributed by atoms with Crippen LogP contribution in [0.4, 0.5) is 0 Å². The summed E-state index contributed by atoms with van der Waals surface area (Å²) in [5, 5.41) is 0. The van der Waals surface area contributed by atoms with E-state index in [1.807, 2.05) is 0 Å². The molecule has 1 unspecified atom stereocenters. The Hall–Kier alpha value is -0.0800. The van der Waals surface area contributed by atoms with E-state index in [1.165, 1.54) is 32.6 Å². The van der Waals surface area contributed by atoms with Crippen molar-refractivity contribution in [2.45, 2.75) is 53.1 Å². The molecule has 2 heteroatoms. The van der Waals surface area contributed by atoms with Gasteiger partial charge in [-0.05, 0) is 38.1 Å². The van der Waals surface area contributed by atoms with E-state index >= 15 is 0 Å². The standard InChI is InChI=1S/C14H28N2/c1-11(2)16-9-13(10-16)15-7-6-12(8-15)14(3,4)5/h11-13H,6-10H2,1-5H3. The summed E-state index contributed by atoms with van der Waals surface area (Å²) in [6, 6.07) is 1.59. The van der Waals surface area contributed by atoms with Gasteiger partial charge in [-0.25, -0.2) is 0 Å². The Labute approximate surface area is 101 Å². The molecule has 2 saturated heterocycles. The normalized spacial score (nSPS) is 30.0. The molecule has 0 radical (unpaired) electrons. The summed E-state index contributed by atoms with van der Waals surface area (Å²) >= 11 is 0. The Morgan fingerprint density at radius 3 is 2.12 bits per heavy atom. The van der Waals surface area contributed by atoms with Crippen molar-refractivity contribution in [3.05, 3.63) is 0 Å². The molecule has 2 aliphatic heterocycles. The molecule has 2 fully saturated rings. The van der Waals surface area contributed by atoms with E-state index in [2.05, 4.69) is 44.4 Å². The largest absolute Gasteiger partial charge is 0.298 e. The molecular weight excluding hydrogens is 196 g/mol. The second kappa shape index (κ2) is 4.30. The predicted molar refractivity (Wildman–Crippen MR) is 69.6 cm³/mol. The number of rotatable bonds is 2. The van der Waals surface area contributed by atoms with Gasteiger partial charge in [-0.1, -0.05) is 20.8 Å². The minimum absolute atomic E-state index is 0.496. The van der Waals surface area contributed by atoms with Gasteiger partial charge >= 0.3 is 0 Å². The fraction of sp³-hybridized carbons (Fsp3) is 1.00. The Balaban J connectivity index is 1.79. The van der Waals surface area contributed by atoms with E-state index in [1.54, 1.807) is 0 Å². The highest BCUT2D eigenvalue weighted by Gasteiger charge is 2.39. The van der Waals surface area contributed by atoms with Crippen molar-refractivity contribution in [2.24, 2.45) is 11.3 Å². The van der Waals surface area contributed by atoms with E-state index in [4.69, 9.17) is 0 Å². The Morgan fingerprint density at radius 1 is 1.06 bits per heavy atom. The van der Waals surface area contributed by atoms with Crippen molar-refractivity contribution in [1.29, 1.82) is 0 Å². The van der Waals surface area contributed by atoms with E-state index in [-0.39, 0.29) is 0 Å². The quantitative estimate of drug-likeness (QED) is 0.711. The van der Waals surface area contributed by atoms with E-state index in [0.717, 1.165) is 18.0 Å². The van der Waals surface area contributed by atoms with E-state index in [9.17, 15) is 0 Å². The van der Waals surface area contributed by atoms with Crippen LogP contribution in [0.25, 0.3) is 0 Å². The molecule has 0 N–H and O–H groups in total. The van der Waals surface area contributed by atoms with Gasteiger partial charge in [0.05, 0.1) is 0 Å². The van der Waals surface area contributed by atoms with Crippen molar-refractivity contribution in [3.63, 3.8) is 0 Å². The lowest BCUT2D eigenvalue weighted by atomic mass is 9.80. The number of nitrogens with zero attached hydrogens (tertiary/aromatic N) is 2. The van der Waals surface area contributed by atoms with Crippen LogP contribution in [0.15, 0.2) is 0 Å². The third-order valence-corrected chi connectivity index (χ3v) is 4.58. The second-order valence-corrected chi connectivity index (χ2v) is 7.05. The highest BCUT2D eigenvalue weighted by Crippen LogP contribution is 2.35. The van der Waals surface area contributed by atoms with Gasteiger partial charge in [0.2, 0.25) is 0 Å². The summed E-state index contributed by atoms with van der Waals surface area (Å²) in [7, 11) is 0. The van der Waals surface area contributed by atoms with Gasteiger partial charge in [0.25, 0.3) is 0 Å². The van der Waals surface area contributed by atoms with Crippen molar-refractivity contribution in [2.75, 3.05) is 26.2 Å². The average molecular weight is 224 g/mol. The summed E-state index contributed by atoms with van der Waals surface area (Å²) in [6.45, 7) is 17.0. The lowest BCUT2D eigenvalue weighted by Crippen LogP contribution is -2.60. The van der Waals surface area contributed by atoms with Crippen LogP contribution in [-0.2, 0) is 0 Å². The first-order valence-electron chi connectivity index (χ1n) is 6.86. The molecule has 2 heterocycles. The monoisotopic (exact) mass is 224 g/mol. The Kier molecular flexibility index (Phi) is 3.33. The van der Waals surface area contributed by atoms with Gasteiger partial charge in [-0.15, -0.1) is 0 Å². The number of hydrogen-bond acceptors (Lipinski definition) is 2. The molecular formula is C14H28N2. The SMILES string of the molecule is CC(C)N1CC(N2CCC(C(C)(C)C)C2)C1. The van der Waals surface area contributed by atoms with Gasteiger partial charge in [0, 0.05) is 31.7 Å². The molecule has 0 aromatic heterocycles. The maximum atomic E-state index is 2.73. The smallest absolute Gasteiger partial charge is 0.0350 e. The molecule has 0 aromatic carbocycles. The third-order valence-electron chi connectivity index (χ3n) is 4.58. The lowest BCUT2D eigenvalue weighted by Gasteiger charge is -2.46. The maximum Gasteiger partial charge on any atom is 0.0350 e. The fourth-order valence-electron chi connectivity index (χ4n) is 2.97. The molecule has 0 spiro atoms. The zero-order chi connectivity index (χ0) is 11.9. The molecule has 1 atom stereocenters. The van der Waals surface area contributed by atoms with E-state index < -0.39 is 0 Å². The zero-order valence-electron chi connectivity index (χ0n) is 11.7. The van der Waals surface area contributed by atoms with Crippen LogP contribution in [0.2, 0.25) is 0 Å². The van der Waals surface area contributed by atoms with Crippen LogP contribution >= 0.6 is 0 Å². The summed E-state index contributed by atoms with van der Waals surface area (Å²) in [5.74, 6) is 0.903. The van der Waals surface area contributed by atoms with Crippen molar-refractivity contribution < 1.29 is 0 Å². The van der Waals surface area contributed by atoms with Gasteiger partial charge in [-0.3, -0.25) is 9.80 Å². The van der Waals surface area contributed by atoms with Crippen LogP contribution in [0, 0.1) is 11.3 Å². The molecule has 0 saturated carbocycles. The van der Waals surface area contributed by atoms with Gasteiger partial charge in [0.1, 0.15) is 0 Å². The van der Waals surface area contributed by atoms with Crippen LogP contribution in [0.5, 0.6) is 0 Å². The molecule has 0 amide bonds. The van der Waals surface area contributed by atoms with Crippen molar-refractivity contribution in [3.8, 4) is 0 Å².